The molecule has 44 heavy (non-hydrogen) atoms. The van der Waals surface area contributed by atoms with Crippen molar-refractivity contribution < 1.29 is 17.8 Å². The molecule has 5 heteroatoms. The van der Waals surface area contributed by atoms with Crippen LogP contribution < -0.4 is 0 Å². The third-order valence-electron chi connectivity index (χ3n) is 8.43. The lowest BCUT2D eigenvalue weighted by atomic mass is 9.88. The first kappa shape index (κ1) is 31.1. The van der Waals surface area contributed by atoms with Crippen LogP contribution in [0.3, 0.4) is 0 Å². The van der Waals surface area contributed by atoms with E-state index < -0.39 is 20.8 Å². The van der Waals surface area contributed by atoms with Gasteiger partial charge in [0, 0.05) is 11.6 Å². The summed E-state index contributed by atoms with van der Waals surface area (Å²) in [6.07, 6.45) is 5.36. The molecule has 0 amide bonds. The largest absolute Gasteiger partial charge is 0.295 e. The van der Waals surface area contributed by atoms with E-state index in [0.29, 0.717) is 5.57 Å². The molecule has 4 aromatic rings. The Morgan fingerprint density at radius 1 is 0.614 bits per heavy atom. The second kappa shape index (κ2) is 12.4. The van der Waals surface area contributed by atoms with Crippen LogP contribution in [0.4, 0.5) is 0 Å². The molecule has 0 fully saturated rings. The summed E-state index contributed by atoms with van der Waals surface area (Å²) in [5.41, 5.74) is 14.8. The Balaban J connectivity index is 1.57. The Hall–Kier alpha value is -4.32. The fraction of sp³-hybridized carbons (Fsp3) is 0.205. The first-order chi connectivity index (χ1) is 20.8. The predicted molar refractivity (Wildman–Crippen MR) is 180 cm³/mol. The highest BCUT2D eigenvalue weighted by atomic mass is 32.2. The van der Waals surface area contributed by atoms with Crippen molar-refractivity contribution >= 4 is 21.5 Å². The Bertz CT molecular complexity index is 1820. The van der Waals surface area contributed by atoms with Crippen molar-refractivity contribution in [3.05, 3.63) is 168 Å². The van der Waals surface area contributed by atoms with E-state index in [1.54, 1.807) is 0 Å². The van der Waals surface area contributed by atoms with E-state index in [-0.39, 0.29) is 5.57 Å². The maximum absolute atomic E-state index is 12.5. The van der Waals surface area contributed by atoms with Gasteiger partial charge in [-0.2, -0.15) is 8.42 Å². The molecule has 0 saturated carbocycles. The number of allylic oxidation sites excluding steroid dienone is 4. The molecule has 0 heterocycles. The van der Waals surface area contributed by atoms with Crippen molar-refractivity contribution in [3.63, 3.8) is 0 Å². The van der Waals surface area contributed by atoms with E-state index >= 15 is 0 Å². The number of hydrogen-bond acceptors (Lipinski definition) is 3. The fourth-order valence-electron chi connectivity index (χ4n) is 6.36. The van der Waals surface area contributed by atoms with Crippen LogP contribution >= 0.6 is 0 Å². The van der Waals surface area contributed by atoms with Crippen molar-refractivity contribution in [2.45, 2.75) is 54.4 Å². The first-order valence-corrected chi connectivity index (χ1v) is 16.2. The van der Waals surface area contributed by atoms with Crippen LogP contribution in [0.5, 0.6) is 0 Å². The van der Waals surface area contributed by atoms with Crippen LogP contribution in [0.25, 0.3) is 5.57 Å². The third kappa shape index (κ3) is 6.75. The zero-order valence-electron chi connectivity index (χ0n) is 26.2. The molecular formula is C39H38O4S. The predicted octanol–water partition coefficient (Wildman–Crippen LogP) is 8.43. The van der Waals surface area contributed by atoms with Gasteiger partial charge in [0.25, 0.3) is 10.1 Å². The Kier molecular flexibility index (Phi) is 8.73. The number of benzene rings is 4. The molecule has 1 N–H and O–H groups in total. The van der Waals surface area contributed by atoms with E-state index in [4.69, 9.17) is 0 Å². The summed E-state index contributed by atoms with van der Waals surface area (Å²) < 4.78 is 35.0. The summed E-state index contributed by atoms with van der Waals surface area (Å²) >= 11 is 0. The van der Waals surface area contributed by atoms with Crippen molar-refractivity contribution in [3.8, 4) is 0 Å². The number of rotatable bonds is 7. The summed E-state index contributed by atoms with van der Waals surface area (Å²) in [5.74, 6) is -0.487. The molecule has 0 unspecified atom stereocenters. The van der Waals surface area contributed by atoms with Crippen LogP contribution in [0.15, 0.2) is 102 Å². The van der Waals surface area contributed by atoms with Crippen LogP contribution in [-0.2, 0) is 27.8 Å². The average molecular weight is 603 g/mol. The number of carbonyl (C=O) groups excluding carboxylic acids is 1. The van der Waals surface area contributed by atoms with Gasteiger partial charge < -0.3 is 0 Å². The topological polar surface area (TPSA) is 71.4 Å². The minimum Gasteiger partial charge on any atom is -0.290 e. The van der Waals surface area contributed by atoms with Gasteiger partial charge in [0.2, 0.25) is 0 Å². The van der Waals surface area contributed by atoms with Gasteiger partial charge in [0.1, 0.15) is 4.91 Å². The molecule has 0 aromatic heterocycles. The Morgan fingerprint density at radius 3 is 1.36 bits per heavy atom. The number of aryl methyl sites for hydroxylation is 6. The normalized spacial score (nSPS) is 13.3. The SMILES string of the molecule is Cc1cc(C)c(Cc2ccc(C(=C3C=CC(=O)C=C3S(=O)(=O)O)c3ccc(Cc4c(C)cc(C)cc4C)cc3)cc2)c(C)c1. The van der Waals surface area contributed by atoms with Gasteiger partial charge in [-0.15, -0.1) is 0 Å². The van der Waals surface area contributed by atoms with Gasteiger partial charge in [-0.3, -0.25) is 9.35 Å². The molecule has 1 aliphatic rings. The molecule has 0 spiro atoms. The van der Waals surface area contributed by atoms with Crippen molar-refractivity contribution in [2.75, 3.05) is 0 Å². The Labute approximate surface area is 261 Å². The van der Waals surface area contributed by atoms with Crippen LogP contribution in [0.2, 0.25) is 0 Å². The summed E-state index contributed by atoms with van der Waals surface area (Å²) in [7, 11) is -4.66. The molecule has 0 saturated heterocycles. The Morgan fingerprint density at radius 2 is 1.00 bits per heavy atom. The highest BCUT2D eigenvalue weighted by Crippen LogP contribution is 2.35. The fourth-order valence-corrected chi connectivity index (χ4v) is 7.08. The van der Waals surface area contributed by atoms with Gasteiger partial charge in [-0.05, 0) is 128 Å². The van der Waals surface area contributed by atoms with E-state index in [0.717, 1.165) is 41.2 Å². The van der Waals surface area contributed by atoms with E-state index in [1.165, 1.54) is 56.7 Å². The van der Waals surface area contributed by atoms with E-state index in [9.17, 15) is 17.8 Å². The second-order valence-electron chi connectivity index (χ2n) is 12.0. The standard InChI is InChI=1S/C39H38O4S/c1-24-17-26(3)36(27(4)18-24)21-30-7-11-32(12-8-30)39(35-16-15-34(40)23-38(35)44(41,42)43)33-13-9-31(10-14-33)22-37-28(5)19-25(2)20-29(37)6/h7-20,23H,21-22H2,1-6H3,(H,41,42,43). The maximum Gasteiger partial charge on any atom is 0.295 e. The van der Waals surface area contributed by atoms with Gasteiger partial charge in [0.15, 0.2) is 5.78 Å². The second-order valence-corrected chi connectivity index (χ2v) is 13.4. The molecule has 1 aliphatic carbocycles. The minimum absolute atomic E-state index is 0.281. The summed E-state index contributed by atoms with van der Waals surface area (Å²) in [4.78, 5) is 11.8. The molecule has 0 aliphatic heterocycles. The van der Waals surface area contributed by atoms with Gasteiger partial charge in [-0.1, -0.05) is 83.9 Å². The molecule has 4 nitrogen and oxygen atoms in total. The smallest absolute Gasteiger partial charge is 0.290 e. The van der Waals surface area contributed by atoms with Crippen LogP contribution in [0, 0.1) is 41.5 Å². The van der Waals surface area contributed by atoms with Crippen LogP contribution in [0.1, 0.15) is 66.8 Å². The molecule has 224 valence electrons. The zero-order valence-corrected chi connectivity index (χ0v) is 27.0. The molecule has 0 atom stereocenters. The van der Waals surface area contributed by atoms with Gasteiger partial charge in [-0.25, -0.2) is 0 Å². The quantitative estimate of drug-likeness (QED) is 0.216. The third-order valence-corrected chi connectivity index (χ3v) is 9.32. The van der Waals surface area contributed by atoms with Crippen molar-refractivity contribution in [2.24, 2.45) is 0 Å². The summed E-state index contributed by atoms with van der Waals surface area (Å²) in [6, 6.07) is 24.9. The average Bonchev–Trinajstić information content (AvgIpc) is 2.94. The number of ketones is 1. The lowest BCUT2D eigenvalue weighted by molar-refractivity contribution is -0.110. The minimum atomic E-state index is -4.66. The number of carbonyl (C=O) groups is 1. The van der Waals surface area contributed by atoms with Crippen molar-refractivity contribution in [1.29, 1.82) is 0 Å². The number of hydrogen-bond donors (Lipinski definition) is 1. The zero-order chi connectivity index (χ0) is 31.8. The summed E-state index contributed by atoms with van der Waals surface area (Å²) in [5, 5.41) is 0. The molecule has 0 radical (unpaired) electrons. The lowest BCUT2D eigenvalue weighted by Crippen LogP contribution is -2.11. The lowest BCUT2D eigenvalue weighted by Gasteiger charge is -2.18. The van der Waals surface area contributed by atoms with E-state index in [2.05, 4.69) is 90.1 Å². The highest BCUT2D eigenvalue weighted by Gasteiger charge is 2.26. The first-order valence-electron chi connectivity index (χ1n) is 14.8. The molecular weight excluding hydrogens is 564 g/mol. The van der Waals surface area contributed by atoms with Crippen molar-refractivity contribution in [1.82, 2.24) is 0 Å². The van der Waals surface area contributed by atoms with Gasteiger partial charge >= 0.3 is 0 Å². The molecule has 5 rings (SSSR count). The molecule has 0 bridgehead atoms. The summed E-state index contributed by atoms with van der Waals surface area (Å²) in [6.45, 7) is 12.8. The van der Waals surface area contributed by atoms with E-state index in [1.807, 2.05) is 24.3 Å². The highest BCUT2D eigenvalue weighted by molar-refractivity contribution is 7.90. The van der Waals surface area contributed by atoms with Gasteiger partial charge in [0.05, 0.1) is 0 Å². The molecule has 4 aromatic carbocycles. The van der Waals surface area contributed by atoms with Crippen LogP contribution in [-0.4, -0.2) is 18.8 Å². The monoisotopic (exact) mass is 602 g/mol. The maximum atomic E-state index is 12.5.